The highest BCUT2D eigenvalue weighted by Gasteiger charge is 2.24. The van der Waals surface area contributed by atoms with Gasteiger partial charge in [-0.25, -0.2) is 0 Å². The van der Waals surface area contributed by atoms with Gasteiger partial charge in [-0.1, -0.05) is 37.3 Å². The molecule has 0 radical (unpaired) electrons. The second-order valence-corrected chi connectivity index (χ2v) is 5.91. The van der Waals surface area contributed by atoms with E-state index in [2.05, 4.69) is 48.2 Å². The molecule has 3 heteroatoms. The van der Waals surface area contributed by atoms with Gasteiger partial charge in [0.05, 0.1) is 12.2 Å². The average molecular weight is 296 g/mol. The normalized spacial score (nSPS) is 17.0. The Balaban J connectivity index is 1.67. The highest BCUT2D eigenvalue weighted by atomic mass is 16.5. The van der Waals surface area contributed by atoms with Gasteiger partial charge in [0, 0.05) is 18.3 Å². The Morgan fingerprint density at radius 2 is 2.00 bits per heavy atom. The number of hydrogen-bond donors (Lipinski definition) is 1. The van der Waals surface area contributed by atoms with E-state index in [1.54, 1.807) is 0 Å². The minimum absolute atomic E-state index is 0.256. The molecule has 116 valence electrons. The molecule has 1 aliphatic rings. The van der Waals surface area contributed by atoms with Gasteiger partial charge in [-0.15, -0.1) is 0 Å². The van der Waals surface area contributed by atoms with Gasteiger partial charge in [0.1, 0.15) is 11.9 Å². The van der Waals surface area contributed by atoms with Crippen LogP contribution in [0.4, 0.5) is 11.4 Å². The molecule has 2 aromatic rings. The maximum atomic E-state index is 6.04. The van der Waals surface area contributed by atoms with Crippen LogP contribution in [0.25, 0.3) is 0 Å². The van der Waals surface area contributed by atoms with Gasteiger partial charge in [0.25, 0.3) is 0 Å². The molecule has 0 saturated heterocycles. The lowest BCUT2D eigenvalue weighted by Gasteiger charge is -2.36. The molecule has 22 heavy (non-hydrogen) atoms. The first-order valence-corrected chi connectivity index (χ1v) is 8.11. The fraction of sp³-hybridized carbons (Fsp3) is 0.368. The van der Waals surface area contributed by atoms with Gasteiger partial charge < -0.3 is 15.4 Å². The van der Waals surface area contributed by atoms with E-state index in [1.807, 2.05) is 12.1 Å². The summed E-state index contributed by atoms with van der Waals surface area (Å²) >= 11 is 0. The van der Waals surface area contributed by atoms with Crippen molar-refractivity contribution < 1.29 is 4.74 Å². The van der Waals surface area contributed by atoms with Crippen LogP contribution in [0.5, 0.6) is 5.75 Å². The highest BCUT2D eigenvalue weighted by Crippen LogP contribution is 2.35. The standard InChI is InChI=1S/C19H24N2O/c1-2-17-14-21(12-6-9-15-7-4-3-5-8-15)18-11-10-16(20)13-19(18)22-17/h3-5,7-8,10-11,13,17H,2,6,9,12,14,20H2,1H3. The van der Waals surface area contributed by atoms with Crippen LogP contribution >= 0.6 is 0 Å². The molecule has 1 atom stereocenters. The molecule has 0 bridgehead atoms. The zero-order valence-corrected chi connectivity index (χ0v) is 13.2. The second kappa shape index (κ2) is 6.73. The Labute approximate surface area is 132 Å². The summed E-state index contributed by atoms with van der Waals surface area (Å²) in [5.74, 6) is 0.929. The van der Waals surface area contributed by atoms with Gasteiger partial charge in [0.15, 0.2) is 0 Å². The molecule has 1 heterocycles. The van der Waals surface area contributed by atoms with Crippen LogP contribution in [0.3, 0.4) is 0 Å². The Morgan fingerprint density at radius 1 is 1.18 bits per heavy atom. The third-order valence-corrected chi connectivity index (χ3v) is 4.23. The van der Waals surface area contributed by atoms with Crippen molar-refractivity contribution in [3.05, 3.63) is 54.1 Å². The number of nitrogens with zero attached hydrogens (tertiary/aromatic N) is 1. The van der Waals surface area contributed by atoms with Crippen LogP contribution in [0.1, 0.15) is 25.3 Å². The Kier molecular flexibility index (Phi) is 4.52. The van der Waals surface area contributed by atoms with Crippen LogP contribution in [0, 0.1) is 0 Å². The van der Waals surface area contributed by atoms with E-state index in [-0.39, 0.29) is 6.10 Å². The van der Waals surface area contributed by atoms with Gasteiger partial charge in [-0.2, -0.15) is 0 Å². The highest BCUT2D eigenvalue weighted by molar-refractivity contribution is 5.65. The van der Waals surface area contributed by atoms with E-state index in [0.29, 0.717) is 0 Å². The number of anilines is 2. The molecule has 0 spiro atoms. The fourth-order valence-electron chi connectivity index (χ4n) is 2.99. The third-order valence-electron chi connectivity index (χ3n) is 4.23. The van der Waals surface area contributed by atoms with Crippen LogP contribution < -0.4 is 15.4 Å². The summed E-state index contributed by atoms with van der Waals surface area (Å²) in [5, 5.41) is 0. The predicted molar refractivity (Wildman–Crippen MR) is 92.5 cm³/mol. The van der Waals surface area contributed by atoms with E-state index in [4.69, 9.17) is 10.5 Å². The summed E-state index contributed by atoms with van der Waals surface area (Å²) in [5.41, 5.74) is 9.23. The minimum Gasteiger partial charge on any atom is -0.486 e. The molecule has 3 rings (SSSR count). The molecular formula is C19H24N2O. The zero-order chi connectivity index (χ0) is 15.4. The Hall–Kier alpha value is -2.16. The van der Waals surface area contributed by atoms with E-state index < -0.39 is 0 Å². The number of ether oxygens (including phenoxy) is 1. The Bertz CT molecular complexity index is 612. The van der Waals surface area contributed by atoms with Crippen molar-refractivity contribution in [3.63, 3.8) is 0 Å². The molecule has 0 aromatic heterocycles. The van der Waals surface area contributed by atoms with Crippen molar-refractivity contribution in [2.24, 2.45) is 0 Å². The van der Waals surface area contributed by atoms with Gasteiger partial charge in [-0.05, 0) is 37.0 Å². The molecule has 2 aromatic carbocycles. The number of fused-ring (bicyclic) bond motifs is 1. The van der Waals surface area contributed by atoms with Gasteiger partial charge in [-0.3, -0.25) is 0 Å². The lowest BCUT2D eigenvalue weighted by molar-refractivity contribution is 0.189. The monoisotopic (exact) mass is 296 g/mol. The molecule has 0 saturated carbocycles. The van der Waals surface area contributed by atoms with Crippen LogP contribution in [0.2, 0.25) is 0 Å². The molecule has 3 nitrogen and oxygen atoms in total. The van der Waals surface area contributed by atoms with Crippen molar-refractivity contribution in [3.8, 4) is 5.75 Å². The molecule has 0 fully saturated rings. The largest absolute Gasteiger partial charge is 0.486 e. The number of nitrogen functional groups attached to an aromatic ring is 1. The molecule has 1 unspecified atom stereocenters. The van der Waals surface area contributed by atoms with Crippen molar-refractivity contribution in [1.82, 2.24) is 0 Å². The van der Waals surface area contributed by atoms with Crippen LogP contribution in [-0.4, -0.2) is 19.2 Å². The number of hydrogen-bond acceptors (Lipinski definition) is 3. The van der Waals surface area contributed by atoms with Crippen LogP contribution in [-0.2, 0) is 6.42 Å². The SMILES string of the molecule is CCC1CN(CCCc2ccccc2)c2ccc(N)cc2O1. The maximum absolute atomic E-state index is 6.04. The summed E-state index contributed by atoms with van der Waals surface area (Å²) in [6.45, 7) is 4.18. The topological polar surface area (TPSA) is 38.5 Å². The summed E-state index contributed by atoms with van der Waals surface area (Å²) in [7, 11) is 0. The third kappa shape index (κ3) is 3.35. The maximum Gasteiger partial charge on any atom is 0.145 e. The van der Waals surface area contributed by atoms with Crippen molar-refractivity contribution in [2.45, 2.75) is 32.3 Å². The fourth-order valence-corrected chi connectivity index (χ4v) is 2.99. The number of benzene rings is 2. The molecule has 0 amide bonds. The van der Waals surface area contributed by atoms with E-state index >= 15 is 0 Å². The summed E-state index contributed by atoms with van der Waals surface area (Å²) in [4.78, 5) is 2.44. The van der Waals surface area contributed by atoms with Crippen molar-refractivity contribution in [1.29, 1.82) is 0 Å². The zero-order valence-electron chi connectivity index (χ0n) is 13.2. The van der Waals surface area contributed by atoms with Crippen LogP contribution in [0.15, 0.2) is 48.5 Å². The molecular weight excluding hydrogens is 272 g/mol. The van der Waals surface area contributed by atoms with E-state index in [1.165, 1.54) is 11.3 Å². The molecule has 1 aliphatic heterocycles. The first-order chi connectivity index (χ1) is 10.8. The summed E-state index contributed by atoms with van der Waals surface area (Å²) < 4.78 is 6.04. The number of nitrogens with two attached hydrogens (primary N) is 1. The second-order valence-electron chi connectivity index (χ2n) is 5.91. The van der Waals surface area contributed by atoms with E-state index in [0.717, 1.165) is 43.8 Å². The first-order valence-electron chi connectivity index (χ1n) is 8.11. The Morgan fingerprint density at radius 3 is 2.77 bits per heavy atom. The average Bonchev–Trinajstić information content (AvgIpc) is 2.55. The number of aryl methyl sites for hydroxylation is 1. The van der Waals surface area contributed by atoms with Gasteiger partial charge in [0.2, 0.25) is 0 Å². The predicted octanol–water partition coefficient (Wildman–Crippen LogP) is 3.88. The van der Waals surface area contributed by atoms with Gasteiger partial charge >= 0.3 is 0 Å². The minimum atomic E-state index is 0.256. The lowest BCUT2D eigenvalue weighted by Crippen LogP contribution is -2.40. The van der Waals surface area contributed by atoms with Crippen molar-refractivity contribution in [2.75, 3.05) is 23.7 Å². The summed E-state index contributed by atoms with van der Waals surface area (Å²) in [6, 6.07) is 16.7. The molecule has 0 aliphatic carbocycles. The quantitative estimate of drug-likeness (QED) is 0.851. The lowest BCUT2D eigenvalue weighted by atomic mass is 10.1. The summed E-state index contributed by atoms with van der Waals surface area (Å²) in [6.07, 6.45) is 3.53. The smallest absolute Gasteiger partial charge is 0.145 e. The first kappa shape index (κ1) is 14.8. The molecule has 2 N–H and O–H groups in total. The van der Waals surface area contributed by atoms with Crippen molar-refractivity contribution >= 4 is 11.4 Å². The number of rotatable bonds is 5. The van der Waals surface area contributed by atoms with E-state index in [9.17, 15) is 0 Å².